The quantitative estimate of drug-likeness (QED) is 0.695. The first-order chi connectivity index (χ1) is 12.3. The fourth-order valence-electron chi connectivity index (χ4n) is 3.89. The maximum atomic E-state index is 12.7. The molecule has 2 aliphatic rings. The van der Waals surface area contributed by atoms with Gasteiger partial charge in [-0.15, -0.1) is 0 Å². The summed E-state index contributed by atoms with van der Waals surface area (Å²) in [7, 11) is 0. The van der Waals surface area contributed by atoms with Gasteiger partial charge in [0, 0.05) is 23.9 Å². The number of carbonyl (C=O) groups is 1. The molecular formula is C19H25ClN4O2. The standard InChI is InChI=1S/C19H25ClN4O2/c1-19(2,3)26-18(25)23-10-5-4-9-15(23)14-11-16-21-13-8-6-7-12(13)17(20)24(16)22-14/h11,15H,4-10H2,1-3H3. The van der Waals surface area contributed by atoms with Gasteiger partial charge in [-0.05, 0) is 59.3 Å². The number of rotatable bonds is 1. The van der Waals surface area contributed by atoms with E-state index in [9.17, 15) is 4.79 Å². The number of aryl methyl sites for hydroxylation is 1. The third-order valence-electron chi connectivity index (χ3n) is 5.05. The van der Waals surface area contributed by atoms with Crippen LogP contribution in [-0.4, -0.2) is 37.7 Å². The van der Waals surface area contributed by atoms with Crippen molar-refractivity contribution in [2.75, 3.05) is 6.54 Å². The smallest absolute Gasteiger partial charge is 0.410 e. The van der Waals surface area contributed by atoms with Crippen molar-refractivity contribution in [1.29, 1.82) is 0 Å². The van der Waals surface area contributed by atoms with Crippen LogP contribution in [0, 0.1) is 0 Å². The molecule has 1 unspecified atom stereocenters. The van der Waals surface area contributed by atoms with Crippen LogP contribution in [0.25, 0.3) is 5.65 Å². The maximum absolute atomic E-state index is 12.7. The molecule has 0 N–H and O–H groups in total. The molecule has 1 aliphatic heterocycles. The Bertz CT molecular complexity index is 855. The fraction of sp³-hybridized carbons (Fsp3) is 0.632. The molecule has 1 saturated heterocycles. The van der Waals surface area contributed by atoms with E-state index in [2.05, 4.69) is 0 Å². The Morgan fingerprint density at radius 3 is 2.85 bits per heavy atom. The van der Waals surface area contributed by atoms with Gasteiger partial charge in [0.1, 0.15) is 10.8 Å². The van der Waals surface area contributed by atoms with Crippen LogP contribution in [0.5, 0.6) is 0 Å². The van der Waals surface area contributed by atoms with Gasteiger partial charge in [0.15, 0.2) is 5.65 Å². The zero-order chi connectivity index (χ0) is 18.5. The molecular weight excluding hydrogens is 352 g/mol. The Hall–Kier alpha value is -1.82. The van der Waals surface area contributed by atoms with Gasteiger partial charge in [0.2, 0.25) is 0 Å². The lowest BCUT2D eigenvalue weighted by Gasteiger charge is -2.35. The molecule has 0 radical (unpaired) electrons. The van der Waals surface area contributed by atoms with E-state index in [4.69, 9.17) is 26.4 Å². The highest BCUT2D eigenvalue weighted by Gasteiger charge is 2.33. The van der Waals surface area contributed by atoms with E-state index in [1.54, 1.807) is 9.42 Å². The Labute approximate surface area is 158 Å². The number of amides is 1. The summed E-state index contributed by atoms with van der Waals surface area (Å²) in [6, 6.07) is 1.88. The van der Waals surface area contributed by atoms with E-state index in [0.717, 1.165) is 61.1 Å². The van der Waals surface area contributed by atoms with Gasteiger partial charge in [-0.3, -0.25) is 4.90 Å². The number of piperidine rings is 1. The SMILES string of the molecule is CC(C)(C)OC(=O)N1CCCCC1c1cc2nc3c(c(Cl)n2n1)CCC3. The third-order valence-corrected chi connectivity index (χ3v) is 5.44. The molecule has 0 spiro atoms. The number of halogens is 1. The second kappa shape index (κ2) is 6.41. The van der Waals surface area contributed by atoms with Crippen LogP contribution in [0.3, 0.4) is 0 Å². The van der Waals surface area contributed by atoms with Crippen molar-refractivity contribution >= 4 is 23.3 Å². The predicted octanol–water partition coefficient (Wildman–Crippen LogP) is 4.33. The van der Waals surface area contributed by atoms with Crippen LogP contribution in [-0.2, 0) is 17.6 Å². The van der Waals surface area contributed by atoms with Crippen LogP contribution in [0.2, 0.25) is 5.15 Å². The van der Waals surface area contributed by atoms with Gasteiger partial charge in [-0.2, -0.15) is 5.10 Å². The van der Waals surface area contributed by atoms with Crippen LogP contribution in [0.4, 0.5) is 4.79 Å². The Balaban J connectivity index is 1.68. The number of aromatic nitrogens is 3. The highest BCUT2D eigenvalue weighted by atomic mass is 35.5. The van der Waals surface area contributed by atoms with Gasteiger partial charge in [-0.25, -0.2) is 14.3 Å². The molecule has 4 rings (SSSR count). The highest BCUT2D eigenvalue weighted by molar-refractivity contribution is 6.30. The number of nitrogens with zero attached hydrogens (tertiary/aromatic N) is 4. The minimum Gasteiger partial charge on any atom is -0.444 e. The summed E-state index contributed by atoms with van der Waals surface area (Å²) in [4.78, 5) is 19.2. The summed E-state index contributed by atoms with van der Waals surface area (Å²) in [5, 5.41) is 5.38. The molecule has 26 heavy (non-hydrogen) atoms. The van der Waals surface area contributed by atoms with E-state index in [1.165, 1.54) is 0 Å². The Kier molecular flexibility index (Phi) is 4.34. The molecule has 0 saturated carbocycles. The zero-order valence-electron chi connectivity index (χ0n) is 15.6. The van der Waals surface area contributed by atoms with Gasteiger partial charge in [0.25, 0.3) is 0 Å². The lowest BCUT2D eigenvalue weighted by atomic mass is 10.00. The molecule has 1 amide bonds. The maximum Gasteiger partial charge on any atom is 0.410 e. The average molecular weight is 377 g/mol. The second-order valence-electron chi connectivity index (χ2n) is 8.21. The van der Waals surface area contributed by atoms with E-state index in [-0.39, 0.29) is 12.1 Å². The molecule has 1 fully saturated rings. The minimum absolute atomic E-state index is 0.0915. The minimum atomic E-state index is -0.510. The molecule has 0 bridgehead atoms. The molecule has 6 nitrogen and oxygen atoms in total. The normalized spacial score (nSPS) is 20.5. The molecule has 2 aromatic heterocycles. The van der Waals surface area contributed by atoms with Gasteiger partial charge < -0.3 is 4.74 Å². The van der Waals surface area contributed by atoms with Crippen molar-refractivity contribution in [1.82, 2.24) is 19.5 Å². The van der Waals surface area contributed by atoms with Crippen molar-refractivity contribution in [3.8, 4) is 0 Å². The van der Waals surface area contributed by atoms with Gasteiger partial charge in [0.05, 0.1) is 11.7 Å². The summed E-state index contributed by atoms with van der Waals surface area (Å²) in [6.45, 7) is 6.35. The number of likely N-dealkylation sites (tertiary alicyclic amines) is 1. The Morgan fingerprint density at radius 2 is 2.08 bits per heavy atom. The lowest BCUT2D eigenvalue weighted by Crippen LogP contribution is -2.42. The first-order valence-corrected chi connectivity index (χ1v) is 9.78. The van der Waals surface area contributed by atoms with E-state index in [0.29, 0.717) is 11.7 Å². The largest absolute Gasteiger partial charge is 0.444 e. The van der Waals surface area contributed by atoms with E-state index >= 15 is 0 Å². The lowest BCUT2D eigenvalue weighted by molar-refractivity contribution is 0.00898. The first-order valence-electron chi connectivity index (χ1n) is 9.40. The highest BCUT2D eigenvalue weighted by Crippen LogP contribution is 2.34. The van der Waals surface area contributed by atoms with Crippen molar-refractivity contribution in [2.24, 2.45) is 0 Å². The molecule has 2 aromatic rings. The first kappa shape index (κ1) is 17.6. The van der Waals surface area contributed by atoms with E-state index < -0.39 is 5.60 Å². The molecule has 1 atom stereocenters. The summed E-state index contributed by atoms with van der Waals surface area (Å²) >= 11 is 6.58. The molecule has 7 heteroatoms. The van der Waals surface area contributed by atoms with Crippen LogP contribution >= 0.6 is 11.6 Å². The van der Waals surface area contributed by atoms with Gasteiger partial charge >= 0.3 is 6.09 Å². The topological polar surface area (TPSA) is 59.7 Å². The Morgan fingerprint density at radius 1 is 1.27 bits per heavy atom. The van der Waals surface area contributed by atoms with Crippen molar-refractivity contribution in [2.45, 2.75) is 70.9 Å². The zero-order valence-corrected chi connectivity index (χ0v) is 16.3. The molecule has 1 aliphatic carbocycles. The molecule has 140 valence electrons. The van der Waals surface area contributed by atoms with E-state index in [1.807, 2.05) is 26.8 Å². The van der Waals surface area contributed by atoms with Crippen molar-refractivity contribution in [3.63, 3.8) is 0 Å². The number of fused-ring (bicyclic) bond motifs is 2. The van der Waals surface area contributed by atoms with Crippen LogP contribution in [0.1, 0.15) is 69.4 Å². The number of hydrogen-bond donors (Lipinski definition) is 0. The van der Waals surface area contributed by atoms with Crippen LogP contribution in [0.15, 0.2) is 6.07 Å². The average Bonchev–Trinajstić information content (AvgIpc) is 3.20. The van der Waals surface area contributed by atoms with Gasteiger partial charge in [-0.1, -0.05) is 11.6 Å². The second-order valence-corrected chi connectivity index (χ2v) is 8.56. The number of hydrogen-bond acceptors (Lipinski definition) is 4. The summed E-state index contributed by atoms with van der Waals surface area (Å²) in [5.74, 6) is 0. The van der Waals surface area contributed by atoms with Crippen LogP contribution < -0.4 is 0 Å². The third kappa shape index (κ3) is 3.15. The monoisotopic (exact) mass is 376 g/mol. The summed E-state index contributed by atoms with van der Waals surface area (Å²) in [6.07, 6.45) is 5.67. The number of carbonyl (C=O) groups excluding carboxylic acids is 1. The van der Waals surface area contributed by atoms with Crippen molar-refractivity contribution in [3.05, 3.63) is 28.2 Å². The predicted molar refractivity (Wildman–Crippen MR) is 99.6 cm³/mol. The fourth-order valence-corrected chi connectivity index (χ4v) is 4.22. The number of ether oxygens (including phenoxy) is 1. The molecule has 0 aromatic carbocycles. The summed E-state index contributed by atoms with van der Waals surface area (Å²) < 4.78 is 7.33. The summed E-state index contributed by atoms with van der Waals surface area (Å²) in [5.41, 5.74) is 3.29. The molecule has 3 heterocycles. The van der Waals surface area contributed by atoms with Crippen molar-refractivity contribution < 1.29 is 9.53 Å².